The van der Waals surface area contributed by atoms with E-state index in [9.17, 15) is 19.1 Å². The lowest BCUT2D eigenvalue weighted by Crippen LogP contribution is -2.70. The Hall–Kier alpha value is -1.00. The third-order valence-corrected chi connectivity index (χ3v) is 10.0. The summed E-state index contributed by atoms with van der Waals surface area (Å²) in [6.07, 6.45) is 8.48. The van der Waals surface area contributed by atoms with Crippen LogP contribution in [0.5, 0.6) is 0 Å². The zero-order valence-electron chi connectivity index (χ0n) is 21.0. The van der Waals surface area contributed by atoms with Gasteiger partial charge in [-0.2, -0.15) is 5.48 Å². The van der Waals surface area contributed by atoms with Gasteiger partial charge in [0.05, 0.1) is 23.1 Å². The molecule has 4 N–H and O–H groups in total. The fourth-order valence-electron chi connectivity index (χ4n) is 7.19. The van der Waals surface area contributed by atoms with Gasteiger partial charge in [-0.25, -0.2) is 4.39 Å². The molecule has 6 rings (SSSR count). The molecule has 8 nitrogen and oxygen atoms in total. The second-order valence-electron chi connectivity index (χ2n) is 11.9. The van der Waals surface area contributed by atoms with Crippen molar-refractivity contribution in [2.75, 3.05) is 6.61 Å². The van der Waals surface area contributed by atoms with E-state index in [1.54, 1.807) is 0 Å². The van der Waals surface area contributed by atoms with E-state index in [4.69, 9.17) is 21.2 Å². The largest absolute Gasteiger partial charge is 0.391 e. The van der Waals surface area contributed by atoms with Crippen molar-refractivity contribution in [3.8, 4) is 0 Å². The number of rotatable bonds is 7. The first-order chi connectivity index (χ1) is 17.3. The molecule has 0 aromatic rings. The van der Waals surface area contributed by atoms with Crippen LogP contribution in [0.2, 0.25) is 0 Å². The number of amides is 2. The second-order valence-corrected chi connectivity index (χ2v) is 12.5. The number of alkyl halides is 2. The van der Waals surface area contributed by atoms with E-state index in [1.807, 2.05) is 0 Å². The zero-order valence-corrected chi connectivity index (χ0v) is 21.7. The summed E-state index contributed by atoms with van der Waals surface area (Å²) in [6.45, 7) is -0.158. The lowest BCUT2D eigenvalue weighted by Gasteiger charge is -2.56. The third-order valence-electron chi connectivity index (χ3n) is 9.53. The first-order valence-electron chi connectivity index (χ1n) is 13.9. The SMILES string of the molecule is O=C(COC1CCC(Cl)C(F)C1)NC12CCC(NC(=O)C3CC(C4CCCCC4)NO3)(CC1)C[C@@H]2O. The molecule has 2 bridgehead atoms. The fourth-order valence-corrected chi connectivity index (χ4v) is 7.42. The van der Waals surface area contributed by atoms with Gasteiger partial charge in [0.25, 0.3) is 5.91 Å². The van der Waals surface area contributed by atoms with Crippen LogP contribution in [-0.4, -0.2) is 70.5 Å². The van der Waals surface area contributed by atoms with Gasteiger partial charge >= 0.3 is 0 Å². The summed E-state index contributed by atoms with van der Waals surface area (Å²) in [5.41, 5.74) is 1.94. The predicted molar refractivity (Wildman–Crippen MR) is 132 cm³/mol. The molecule has 0 radical (unpaired) electrons. The van der Waals surface area contributed by atoms with Crippen molar-refractivity contribution in [2.24, 2.45) is 5.92 Å². The zero-order chi connectivity index (χ0) is 25.3. The van der Waals surface area contributed by atoms with Crippen molar-refractivity contribution >= 4 is 23.4 Å². The molecule has 1 saturated heterocycles. The predicted octanol–water partition coefficient (Wildman–Crippen LogP) is 2.79. The molecule has 5 aliphatic carbocycles. The number of hydrogen-bond acceptors (Lipinski definition) is 6. The minimum absolute atomic E-state index is 0.113. The Balaban J connectivity index is 1.08. The highest BCUT2D eigenvalue weighted by Crippen LogP contribution is 2.47. The molecule has 5 saturated carbocycles. The summed E-state index contributed by atoms with van der Waals surface area (Å²) in [5.74, 6) is 0.163. The lowest BCUT2D eigenvalue weighted by molar-refractivity contribution is -0.144. The van der Waals surface area contributed by atoms with Gasteiger partial charge in [0.2, 0.25) is 5.91 Å². The normalized spacial score (nSPS) is 43.3. The molecule has 0 spiro atoms. The van der Waals surface area contributed by atoms with Crippen LogP contribution in [0.4, 0.5) is 4.39 Å². The number of ether oxygens (including phenoxy) is 1. The molecule has 0 aromatic heterocycles. The standard InChI is InChI=1S/C26H41ClFN3O5/c27-18-7-6-17(12-19(18)28)35-15-23(33)29-26-10-8-25(9-11-26,14-22(26)32)30-24(34)21-13-20(31-36-21)16-4-2-1-3-5-16/h16-22,31-32H,1-15H2,(H,29,33)(H,30,34)/t17?,18?,19?,20?,21?,22-,25?,26?/m0/s1. The van der Waals surface area contributed by atoms with E-state index in [2.05, 4.69) is 16.1 Å². The Morgan fingerprint density at radius 2 is 1.81 bits per heavy atom. The van der Waals surface area contributed by atoms with Crippen molar-refractivity contribution in [1.29, 1.82) is 0 Å². The topological polar surface area (TPSA) is 109 Å². The smallest absolute Gasteiger partial charge is 0.251 e. The molecule has 36 heavy (non-hydrogen) atoms. The molecular weight excluding hydrogens is 489 g/mol. The minimum atomic E-state index is -1.11. The van der Waals surface area contributed by atoms with Gasteiger partial charge < -0.3 is 20.5 Å². The molecule has 1 heterocycles. The molecule has 10 heteroatoms. The monoisotopic (exact) mass is 529 g/mol. The van der Waals surface area contributed by atoms with E-state index >= 15 is 0 Å². The molecule has 204 valence electrons. The summed E-state index contributed by atoms with van der Waals surface area (Å²) in [4.78, 5) is 31.4. The summed E-state index contributed by atoms with van der Waals surface area (Å²) in [5, 5.41) is 16.8. The number of carbonyl (C=O) groups excluding carboxylic acids is 2. The Labute approximate surface area is 217 Å². The van der Waals surface area contributed by atoms with Gasteiger partial charge in [-0.3, -0.25) is 14.4 Å². The quantitative estimate of drug-likeness (QED) is 0.378. The fraction of sp³-hybridized carbons (Fsp3) is 0.923. The van der Waals surface area contributed by atoms with E-state index in [-0.39, 0.29) is 37.0 Å². The average Bonchev–Trinajstić information content (AvgIpc) is 3.37. The van der Waals surface area contributed by atoms with Crippen LogP contribution < -0.4 is 16.1 Å². The van der Waals surface area contributed by atoms with Crippen LogP contribution in [0.3, 0.4) is 0 Å². The summed E-state index contributed by atoms with van der Waals surface area (Å²) < 4.78 is 19.5. The maximum absolute atomic E-state index is 13.8. The summed E-state index contributed by atoms with van der Waals surface area (Å²) >= 11 is 5.93. The van der Waals surface area contributed by atoms with Crippen molar-refractivity contribution < 1.29 is 28.7 Å². The molecule has 6 aliphatic rings. The Morgan fingerprint density at radius 3 is 2.50 bits per heavy atom. The molecule has 5 unspecified atom stereocenters. The van der Waals surface area contributed by atoms with Crippen molar-refractivity contribution in [1.82, 2.24) is 16.1 Å². The Kier molecular flexibility index (Phi) is 8.13. The summed E-state index contributed by atoms with van der Waals surface area (Å²) in [7, 11) is 0. The molecule has 1 aliphatic heterocycles. The molecular formula is C26H41ClFN3O5. The number of hydroxylamine groups is 1. The molecule has 2 amide bonds. The maximum Gasteiger partial charge on any atom is 0.251 e. The van der Waals surface area contributed by atoms with Crippen molar-refractivity contribution in [2.45, 2.75) is 137 Å². The van der Waals surface area contributed by atoms with Crippen LogP contribution in [0, 0.1) is 5.92 Å². The van der Waals surface area contributed by atoms with Gasteiger partial charge in [-0.05, 0) is 63.7 Å². The highest BCUT2D eigenvalue weighted by atomic mass is 35.5. The first-order valence-corrected chi connectivity index (χ1v) is 14.3. The van der Waals surface area contributed by atoms with E-state index in [1.165, 1.54) is 32.1 Å². The van der Waals surface area contributed by atoms with Gasteiger partial charge in [0.1, 0.15) is 12.8 Å². The van der Waals surface area contributed by atoms with Crippen LogP contribution in [0.25, 0.3) is 0 Å². The highest BCUT2D eigenvalue weighted by molar-refractivity contribution is 6.21. The van der Waals surface area contributed by atoms with E-state index in [0.29, 0.717) is 57.3 Å². The number of hydrogen-bond donors (Lipinski definition) is 4. The highest BCUT2D eigenvalue weighted by Gasteiger charge is 2.56. The van der Waals surface area contributed by atoms with Crippen molar-refractivity contribution in [3.05, 3.63) is 0 Å². The number of aliphatic hydroxyl groups excluding tert-OH is 1. The minimum Gasteiger partial charge on any atom is -0.391 e. The number of carbonyl (C=O) groups is 2. The van der Waals surface area contributed by atoms with Crippen molar-refractivity contribution in [3.63, 3.8) is 0 Å². The maximum atomic E-state index is 13.8. The van der Waals surface area contributed by atoms with Crippen LogP contribution in [-0.2, 0) is 19.2 Å². The number of nitrogens with one attached hydrogen (secondary N) is 3. The van der Waals surface area contributed by atoms with Gasteiger partial charge in [-0.1, -0.05) is 19.3 Å². The first kappa shape index (κ1) is 26.6. The Bertz CT molecular complexity index is 804. The third kappa shape index (κ3) is 5.70. The van der Waals surface area contributed by atoms with E-state index < -0.39 is 34.8 Å². The number of halogens is 2. The number of fused-ring (bicyclic) bond motifs is 3. The van der Waals surface area contributed by atoms with Gasteiger partial charge in [-0.15, -0.1) is 11.6 Å². The van der Waals surface area contributed by atoms with Crippen LogP contribution in [0.15, 0.2) is 0 Å². The molecule has 6 fully saturated rings. The van der Waals surface area contributed by atoms with Gasteiger partial charge in [0, 0.05) is 24.4 Å². The van der Waals surface area contributed by atoms with Crippen LogP contribution >= 0.6 is 11.6 Å². The lowest BCUT2D eigenvalue weighted by atomic mass is 9.59. The second kappa shape index (κ2) is 11.0. The van der Waals surface area contributed by atoms with Crippen LogP contribution in [0.1, 0.15) is 89.9 Å². The molecule has 0 aromatic carbocycles. The number of aliphatic hydroxyl groups is 1. The van der Waals surface area contributed by atoms with Gasteiger partial charge in [0.15, 0.2) is 6.10 Å². The Morgan fingerprint density at radius 1 is 1.06 bits per heavy atom. The van der Waals surface area contributed by atoms with E-state index in [0.717, 1.165) is 0 Å². The molecule has 6 atom stereocenters. The summed E-state index contributed by atoms with van der Waals surface area (Å²) in [6, 6.07) is 0.229. The average molecular weight is 530 g/mol.